The predicted octanol–water partition coefficient (Wildman–Crippen LogP) is 1.93. The minimum atomic E-state index is -0.957. The molecule has 0 fully saturated rings. The average Bonchev–Trinajstić information content (AvgIpc) is 2.59. The van der Waals surface area contributed by atoms with Crippen molar-refractivity contribution in [2.45, 2.75) is 6.92 Å². The van der Waals surface area contributed by atoms with Crippen LogP contribution in [0.3, 0.4) is 0 Å². The number of rotatable bonds is 2. The summed E-state index contributed by atoms with van der Waals surface area (Å²) < 4.78 is 4.94. The lowest BCUT2D eigenvalue weighted by atomic mass is 10.0. The van der Waals surface area contributed by atoms with Crippen molar-refractivity contribution in [1.29, 1.82) is 0 Å². The largest absolute Gasteiger partial charge is 0.478 e. The van der Waals surface area contributed by atoms with Crippen molar-refractivity contribution in [1.82, 2.24) is 5.16 Å². The minimum absolute atomic E-state index is 0.233. The van der Waals surface area contributed by atoms with E-state index in [2.05, 4.69) is 5.16 Å². The molecule has 0 saturated carbocycles. The first-order chi connectivity index (χ1) is 7.59. The SMILES string of the molecule is Cc1onc(N)c1-c1ccc(C(=O)O)cc1. The molecule has 5 nitrogen and oxygen atoms in total. The van der Waals surface area contributed by atoms with Gasteiger partial charge in [0.15, 0.2) is 5.82 Å². The number of nitrogen functional groups attached to an aromatic ring is 1. The number of aromatic nitrogens is 1. The van der Waals surface area contributed by atoms with Gasteiger partial charge >= 0.3 is 5.97 Å². The maximum atomic E-state index is 10.7. The van der Waals surface area contributed by atoms with Gasteiger partial charge in [-0.05, 0) is 24.6 Å². The third-order valence-corrected chi connectivity index (χ3v) is 2.31. The Morgan fingerprint density at radius 3 is 2.44 bits per heavy atom. The van der Waals surface area contributed by atoms with E-state index >= 15 is 0 Å². The molecule has 0 aliphatic rings. The normalized spacial score (nSPS) is 10.3. The van der Waals surface area contributed by atoms with Crippen molar-refractivity contribution < 1.29 is 14.4 Å². The molecule has 0 aliphatic heterocycles. The van der Waals surface area contributed by atoms with Gasteiger partial charge < -0.3 is 15.4 Å². The summed E-state index contributed by atoms with van der Waals surface area (Å²) in [5.74, 6) is -0.0392. The number of hydrogen-bond donors (Lipinski definition) is 2. The van der Waals surface area contributed by atoms with Crippen LogP contribution >= 0.6 is 0 Å². The van der Waals surface area contributed by atoms with E-state index in [0.29, 0.717) is 17.1 Å². The fourth-order valence-electron chi connectivity index (χ4n) is 1.52. The van der Waals surface area contributed by atoms with E-state index in [-0.39, 0.29) is 5.56 Å². The van der Waals surface area contributed by atoms with Gasteiger partial charge in [-0.25, -0.2) is 4.79 Å². The van der Waals surface area contributed by atoms with Crippen LogP contribution in [0.1, 0.15) is 16.1 Å². The molecule has 0 unspecified atom stereocenters. The Bertz CT molecular complexity index is 509. The Labute approximate surface area is 91.5 Å². The van der Waals surface area contributed by atoms with E-state index in [1.165, 1.54) is 12.1 Å². The second-order valence-corrected chi connectivity index (χ2v) is 3.38. The Morgan fingerprint density at radius 1 is 1.38 bits per heavy atom. The fraction of sp³-hybridized carbons (Fsp3) is 0.0909. The number of nitrogens with zero attached hydrogens (tertiary/aromatic N) is 1. The number of carboxylic acid groups (broad SMARTS) is 1. The van der Waals surface area contributed by atoms with Gasteiger partial charge in [-0.15, -0.1) is 0 Å². The van der Waals surface area contributed by atoms with Gasteiger partial charge in [0, 0.05) is 0 Å². The van der Waals surface area contributed by atoms with Crippen LogP contribution in [0.15, 0.2) is 28.8 Å². The number of aromatic carboxylic acids is 1. The zero-order chi connectivity index (χ0) is 11.7. The van der Waals surface area contributed by atoms with Gasteiger partial charge in [-0.2, -0.15) is 0 Å². The van der Waals surface area contributed by atoms with E-state index in [4.69, 9.17) is 15.4 Å². The summed E-state index contributed by atoms with van der Waals surface area (Å²) in [5, 5.41) is 12.4. The van der Waals surface area contributed by atoms with Gasteiger partial charge in [0.2, 0.25) is 0 Å². The zero-order valence-corrected chi connectivity index (χ0v) is 8.60. The molecule has 0 aliphatic carbocycles. The summed E-state index contributed by atoms with van der Waals surface area (Å²) in [4.78, 5) is 10.7. The molecular formula is C11H10N2O3. The summed E-state index contributed by atoms with van der Waals surface area (Å²) in [6.45, 7) is 1.75. The molecule has 0 atom stereocenters. The van der Waals surface area contributed by atoms with E-state index in [0.717, 1.165) is 5.56 Å². The fourth-order valence-corrected chi connectivity index (χ4v) is 1.52. The summed E-state index contributed by atoms with van der Waals surface area (Å²) in [7, 11) is 0. The summed E-state index contributed by atoms with van der Waals surface area (Å²) in [5.41, 5.74) is 7.38. The molecule has 1 aromatic heterocycles. The van der Waals surface area contributed by atoms with Gasteiger partial charge in [-0.3, -0.25) is 0 Å². The third-order valence-electron chi connectivity index (χ3n) is 2.31. The maximum absolute atomic E-state index is 10.7. The molecule has 82 valence electrons. The molecule has 16 heavy (non-hydrogen) atoms. The van der Waals surface area contributed by atoms with E-state index in [1.54, 1.807) is 19.1 Å². The smallest absolute Gasteiger partial charge is 0.335 e. The topological polar surface area (TPSA) is 89.4 Å². The molecule has 2 aromatic rings. The summed E-state index contributed by atoms with van der Waals surface area (Å²) in [6, 6.07) is 6.39. The van der Waals surface area contributed by atoms with Crippen molar-refractivity contribution in [2.24, 2.45) is 0 Å². The van der Waals surface area contributed by atoms with Gasteiger partial charge in [0.1, 0.15) is 5.76 Å². The Balaban J connectivity index is 2.46. The highest BCUT2D eigenvalue weighted by atomic mass is 16.5. The molecule has 1 aromatic carbocycles. The number of carbonyl (C=O) groups is 1. The van der Waals surface area contributed by atoms with Gasteiger partial charge in [0.05, 0.1) is 11.1 Å². The Morgan fingerprint density at radius 2 is 2.00 bits per heavy atom. The second-order valence-electron chi connectivity index (χ2n) is 3.38. The van der Waals surface area contributed by atoms with Crippen molar-refractivity contribution >= 4 is 11.8 Å². The molecule has 5 heteroatoms. The Hall–Kier alpha value is -2.30. The molecule has 0 radical (unpaired) electrons. The standard InChI is InChI=1S/C11H10N2O3/c1-6-9(10(12)13-16-6)7-2-4-8(5-3-7)11(14)15/h2-5H,1H3,(H2,12,13)(H,14,15). The predicted molar refractivity (Wildman–Crippen MR) is 58.0 cm³/mol. The monoisotopic (exact) mass is 218 g/mol. The van der Waals surface area contributed by atoms with Crippen LogP contribution in [-0.2, 0) is 0 Å². The van der Waals surface area contributed by atoms with Gasteiger partial charge in [-0.1, -0.05) is 17.3 Å². The van der Waals surface area contributed by atoms with Crippen LogP contribution in [-0.4, -0.2) is 16.2 Å². The summed E-state index contributed by atoms with van der Waals surface area (Å²) in [6.07, 6.45) is 0. The highest BCUT2D eigenvalue weighted by molar-refractivity contribution is 5.88. The van der Waals surface area contributed by atoms with Crippen LogP contribution in [0.25, 0.3) is 11.1 Å². The van der Waals surface area contributed by atoms with E-state index in [9.17, 15) is 4.79 Å². The molecular weight excluding hydrogens is 208 g/mol. The lowest BCUT2D eigenvalue weighted by molar-refractivity contribution is 0.0697. The van der Waals surface area contributed by atoms with Crippen LogP contribution < -0.4 is 5.73 Å². The third kappa shape index (κ3) is 1.63. The first-order valence-corrected chi connectivity index (χ1v) is 4.65. The molecule has 2 rings (SSSR count). The molecule has 0 spiro atoms. The zero-order valence-electron chi connectivity index (χ0n) is 8.60. The highest BCUT2D eigenvalue weighted by Gasteiger charge is 2.12. The lowest BCUT2D eigenvalue weighted by Crippen LogP contribution is -1.95. The molecule has 3 N–H and O–H groups in total. The number of hydrogen-bond acceptors (Lipinski definition) is 4. The van der Waals surface area contributed by atoms with E-state index < -0.39 is 5.97 Å². The number of benzene rings is 1. The van der Waals surface area contributed by atoms with Crippen molar-refractivity contribution in [3.63, 3.8) is 0 Å². The molecule has 0 saturated heterocycles. The average molecular weight is 218 g/mol. The highest BCUT2D eigenvalue weighted by Crippen LogP contribution is 2.28. The van der Waals surface area contributed by atoms with Crippen molar-refractivity contribution in [3.8, 4) is 11.1 Å². The summed E-state index contributed by atoms with van der Waals surface area (Å²) >= 11 is 0. The first kappa shape index (κ1) is 10.2. The Kier molecular flexibility index (Phi) is 2.36. The van der Waals surface area contributed by atoms with Crippen molar-refractivity contribution in [3.05, 3.63) is 35.6 Å². The number of carboxylic acids is 1. The first-order valence-electron chi connectivity index (χ1n) is 4.65. The van der Waals surface area contributed by atoms with Crippen LogP contribution in [0.4, 0.5) is 5.82 Å². The quantitative estimate of drug-likeness (QED) is 0.803. The molecule has 1 heterocycles. The van der Waals surface area contributed by atoms with E-state index in [1.807, 2.05) is 0 Å². The maximum Gasteiger partial charge on any atom is 0.335 e. The second kappa shape index (κ2) is 3.69. The number of anilines is 1. The van der Waals surface area contributed by atoms with Crippen LogP contribution in [0, 0.1) is 6.92 Å². The molecule has 0 amide bonds. The van der Waals surface area contributed by atoms with Crippen LogP contribution in [0.2, 0.25) is 0 Å². The minimum Gasteiger partial charge on any atom is -0.478 e. The lowest BCUT2D eigenvalue weighted by Gasteiger charge is -2.00. The number of nitrogens with two attached hydrogens (primary N) is 1. The number of aryl methyl sites for hydroxylation is 1. The molecule has 0 bridgehead atoms. The van der Waals surface area contributed by atoms with Crippen LogP contribution in [0.5, 0.6) is 0 Å². The van der Waals surface area contributed by atoms with Gasteiger partial charge in [0.25, 0.3) is 0 Å². The van der Waals surface area contributed by atoms with Crippen molar-refractivity contribution in [2.75, 3.05) is 5.73 Å².